The molecular weight excluding hydrogens is 849 g/mol. The van der Waals surface area contributed by atoms with E-state index in [1.165, 1.54) is 12.0 Å². The van der Waals surface area contributed by atoms with Gasteiger partial charge in [0, 0.05) is 19.5 Å². The number of carbonyl (C=O) groups excluding carboxylic acids is 7. The standard InChI is InChI=1S/C39H60N10O13S/c1-20-16-28(61-7)21(2)22(3)32(20)63(59,60)48-38(41)42-14-8-10-23(33(54)43-18-31(52)53)45-36(57)27-11-9-15-49(27)37(58)26(19-62-39(4,5)6)47-35(56)25(17-29(40)50)46-34(55)24-12-13-30(51)44-24/h16,23-27H,8-15,17-19H2,1-7H3,(H2,40,50)(H,43,54)(H,44,51)(H,45,57)(H,46,55)(H,47,56)(H,52,53)(H3,41,42,48)/t23-,24-,25-,26-,27-/m0/s1. The first kappa shape index (κ1) is 51.3. The Labute approximate surface area is 365 Å². The van der Waals surface area contributed by atoms with Crippen molar-refractivity contribution in [1.82, 2.24) is 36.2 Å². The highest BCUT2D eigenvalue weighted by molar-refractivity contribution is 7.90. The van der Waals surface area contributed by atoms with Crippen molar-refractivity contribution < 1.29 is 61.4 Å². The van der Waals surface area contributed by atoms with E-state index in [0.29, 0.717) is 28.9 Å². The third kappa shape index (κ3) is 15.1. The van der Waals surface area contributed by atoms with Gasteiger partial charge in [0.25, 0.3) is 10.0 Å². The maximum Gasteiger partial charge on any atom is 0.322 e. The molecule has 0 aromatic heterocycles. The second kappa shape index (κ2) is 22.4. The van der Waals surface area contributed by atoms with Crippen molar-refractivity contribution in [3.63, 3.8) is 0 Å². The fourth-order valence-corrected chi connectivity index (χ4v) is 8.44. The van der Waals surface area contributed by atoms with Gasteiger partial charge in [0.15, 0.2) is 0 Å². The van der Waals surface area contributed by atoms with Crippen LogP contribution in [0.4, 0.5) is 0 Å². The van der Waals surface area contributed by atoms with Gasteiger partial charge in [-0.15, -0.1) is 0 Å². The summed E-state index contributed by atoms with van der Waals surface area (Å²) in [5.74, 6) is -6.67. The summed E-state index contributed by atoms with van der Waals surface area (Å²) in [6.45, 7) is 8.82. The van der Waals surface area contributed by atoms with Crippen molar-refractivity contribution in [3.05, 3.63) is 22.8 Å². The van der Waals surface area contributed by atoms with Gasteiger partial charge in [0.1, 0.15) is 42.5 Å². The van der Waals surface area contributed by atoms with E-state index in [2.05, 4.69) is 36.3 Å². The molecule has 11 N–H and O–H groups in total. The van der Waals surface area contributed by atoms with Crippen molar-refractivity contribution in [1.29, 1.82) is 0 Å². The summed E-state index contributed by atoms with van der Waals surface area (Å²) in [4.78, 5) is 108. The molecule has 350 valence electrons. The normalized spacial score (nSPS) is 18.0. The number of carbonyl (C=O) groups is 8. The SMILES string of the molecule is COc1cc(C)c(S(=O)(=O)NC(N)=NCCC[C@H](NC(=O)[C@@H]2CCCN2C(=O)[C@H](COC(C)(C)C)NC(=O)[C@H](CC(N)=O)NC(=O)[C@@H]2CCC(=O)N2)C(=O)NCC(=O)O)c(C)c1C. The lowest BCUT2D eigenvalue weighted by Gasteiger charge is -2.32. The lowest BCUT2D eigenvalue weighted by molar-refractivity contribution is -0.145. The summed E-state index contributed by atoms with van der Waals surface area (Å²) in [5.41, 5.74) is 12.0. The van der Waals surface area contributed by atoms with Crippen LogP contribution < -0.4 is 47.5 Å². The number of methoxy groups -OCH3 is 1. The predicted octanol–water partition coefficient (Wildman–Crippen LogP) is -2.39. The van der Waals surface area contributed by atoms with E-state index in [9.17, 15) is 46.8 Å². The van der Waals surface area contributed by atoms with Gasteiger partial charge in [-0.25, -0.2) is 13.1 Å². The number of guanidine groups is 1. The molecule has 0 saturated carbocycles. The fraction of sp³-hybridized carbons (Fsp3) is 0.615. The number of aliphatic carboxylic acids is 1. The second-order valence-corrected chi connectivity index (χ2v) is 17.8. The number of nitrogens with two attached hydrogens (primary N) is 2. The number of carboxylic acids is 1. The molecule has 63 heavy (non-hydrogen) atoms. The van der Waals surface area contributed by atoms with Crippen LogP contribution in [0.3, 0.4) is 0 Å². The van der Waals surface area contributed by atoms with E-state index < -0.39 is 113 Å². The third-order valence-electron chi connectivity index (χ3n) is 10.2. The van der Waals surface area contributed by atoms with E-state index in [1.807, 2.05) is 0 Å². The average Bonchev–Trinajstić information content (AvgIpc) is 3.86. The Morgan fingerprint density at radius 2 is 1.63 bits per heavy atom. The van der Waals surface area contributed by atoms with Gasteiger partial charge in [0.05, 0.1) is 30.6 Å². The summed E-state index contributed by atoms with van der Waals surface area (Å²) in [6, 6.07) is -4.84. The van der Waals surface area contributed by atoms with Crippen LogP contribution in [0, 0.1) is 20.8 Å². The highest BCUT2D eigenvalue weighted by Crippen LogP contribution is 2.30. The Bertz CT molecular complexity index is 2070. The summed E-state index contributed by atoms with van der Waals surface area (Å²) >= 11 is 0. The van der Waals surface area contributed by atoms with E-state index in [4.69, 9.17) is 26.0 Å². The number of hydrogen-bond acceptors (Lipinski definition) is 13. The molecule has 3 rings (SSSR count). The van der Waals surface area contributed by atoms with Gasteiger partial charge < -0.3 is 57.5 Å². The van der Waals surface area contributed by atoms with Crippen LogP contribution in [0.25, 0.3) is 0 Å². The summed E-state index contributed by atoms with van der Waals surface area (Å²) in [7, 11) is -2.71. The molecule has 0 bridgehead atoms. The predicted molar refractivity (Wildman–Crippen MR) is 225 cm³/mol. The van der Waals surface area contributed by atoms with Crippen LogP contribution in [0.5, 0.6) is 5.75 Å². The minimum atomic E-state index is -4.18. The number of rotatable bonds is 21. The van der Waals surface area contributed by atoms with E-state index in [0.717, 1.165) is 0 Å². The molecule has 2 aliphatic rings. The van der Waals surface area contributed by atoms with E-state index in [-0.39, 0.29) is 56.0 Å². The minimum absolute atomic E-state index is 0.000509. The number of primary amides is 1. The first-order valence-corrected chi connectivity index (χ1v) is 21.7. The largest absolute Gasteiger partial charge is 0.496 e. The number of carboxylic acid groups (broad SMARTS) is 1. The van der Waals surface area contributed by atoms with E-state index >= 15 is 0 Å². The molecule has 1 aromatic rings. The topological polar surface area (TPSA) is 349 Å². The average molecular weight is 909 g/mol. The summed E-state index contributed by atoms with van der Waals surface area (Å²) in [5, 5.41) is 21.4. The molecule has 0 spiro atoms. The number of aliphatic imine (C=N–C) groups is 1. The zero-order valence-corrected chi connectivity index (χ0v) is 37.4. The van der Waals surface area contributed by atoms with Crippen molar-refractivity contribution >= 4 is 63.3 Å². The lowest BCUT2D eigenvalue weighted by atomic mass is 10.1. The fourth-order valence-electron chi connectivity index (χ4n) is 6.96. The zero-order valence-electron chi connectivity index (χ0n) is 36.5. The molecule has 2 fully saturated rings. The molecule has 5 atom stereocenters. The first-order chi connectivity index (χ1) is 29.3. The molecule has 7 amide bonds. The summed E-state index contributed by atoms with van der Waals surface area (Å²) in [6.07, 6.45) is 0.0215. The molecule has 1 aromatic carbocycles. The van der Waals surface area contributed by atoms with Gasteiger partial charge in [0.2, 0.25) is 47.3 Å². The number of ether oxygens (including phenoxy) is 2. The van der Waals surface area contributed by atoms with Crippen molar-refractivity contribution in [3.8, 4) is 5.75 Å². The monoisotopic (exact) mass is 908 g/mol. The van der Waals surface area contributed by atoms with Crippen molar-refractivity contribution in [2.45, 2.75) is 127 Å². The molecule has 2 aliphatic heterocycles. The molecular formula is C39H60N10O13S. The molecule has 0 aliphatic carbocycles. The third-order valence-corrected chi connectivity index (χ3v) is 11.8. The zero-order chi connectivity index (χ0) is 47.4. The Morgan fingerprint density at radius 1 is 0.968 bits per heavy atom. The molecule has 2 saturated heterocycles. The number of sulfonamides is 1. The molecule has 2 heterocycles. The Morgan fingerprint density at radius 3 is 2.22 bits per heavy atom. The van der Waals surface area contributed by atoms with Crippen LogP contribution in [-0.2, 0) is 53.1 Å². The summed E-state index contributed by atoms with van der Waals surface area (Å²) < 4.78 is 40.0. The van der Waals surface area contributed by atoms with Crippen LogP contribution in [-0.4, -0.2) is 141 Å². The van der Waals surface area contributed by atoms with Crippen molar-refractivity contribution in [2.24, 2.45) is 16.5 Å². The highest BCUT2D eigenvalue weighted by Gasteiger charge is 2.40. The van der Waals surface area contributed by atoms with Crippen LogP contribution in [0.15, 0.2) is 16.0 Å². The van der Waals surface area contributed by atoms with Gasteiger partial charge >= 0.3 is 5.97 Å². The van der Waals surface area contributed by atoms with Crippen LogP contribution >= 0.6 is 0 Å². The van der Waals surface area contributed by atoms with Gasteiger partial charge in [-0.05, 0) is 96.4 Å². The maximum atomic E-state index is 14.2. The number of amides is 7. The number of benzene rings is 1. The number of hydrogen-bond donors (Lipinski definition) is 9. The van der Waals surface area contributed by atoms with Crippen LogP contribution in [0.1, 0.15) is 82.4 Å². The number of likely N-dealkylation sites (tertiary alicyclic amines) is 1. The maximum absolute atomic E-state index is 14.2. The van der Waals surface area contributed by atoms with Crippen LogP contribution in [0.2, 0.25) is 0 Å². The number of nitrogens with one attached hydrogen (secondary N) is 6. The lowest BCUT2D eigenvalue weighted by Crippen LogP contribution is -2.60. The quantitative estimate of drug-likeness (QED) is 0.0353. The van der Waals surface area contributed by atoms with Gasteiger partial charge in [-0.3, -0.25) is 43.3 Å². The minimum Gasteiger partial charge on any atom is -0.496 e. The number of nitrogens with zero attached hydrogens (tertiary/aromatic N) is 2. The highest BCUT2D eigenvalue weighted by atomic mass is 32.2. The molecule has 24 heteroatoms. The molecule has 0 radical (unpaired) electrons. The van der Waals surface area contributed by atoms with Gasteiger partial charge in [-0.1, -0.05) is 0 Å². The molecule has 23 nitrogen and oxygen atoms in total. The van der Waals surface area contributed by atoms with Gasteiger partial charge in [-0.2, -0.15) is 0 Å². The molecule has 0 unspecified atom stereocenters. The smallest absolute Gasteiger partial charge is 0.322 e. The Balaban J connectivity index is 1.77. The Hall–Kier alpha value is -6.04. The first-order valence-electron chi connectivity index (χ1n) is 20.2. The van der Waals surface area contributed by atoms with Crippen molar-refractivity contribution in [2.75, 3.05) is 33.4 Å². The number of aryl methyl sites for hydroxylation is 1. The van der Waals surface area contributed by atoms with E-state index in [1.54, 1.807) is 47.6 Å². The second-order valence-electron chi connectivity index (χ2n) is 16.2. The Kier molecular flexibility index (Phi) is 18.2.